The molecule has 162 valence electrons. The highest BCUT2D eigenvalue weighted by Crippen LogP contribution is 2.29. The summed E-state index contributed by atoms with van der Waals surface area (Å²) >= 11 is 1.27. The quantitative estimate of drug-likeness (QED) is 0.461. The number of hydrazine groups is 1. The van der Waals surface area contributed by atoms with Gasteiger partial charge in [0.1, 0.15) is 5.82 Å². The molecular weight excluding hydrogens is 429 g/mol. The molecule has 2 N–H and O–H groups in total. The van der Waals surface area contributed by atoms with Gasteiger partial charge in [-0.2, -0.15) is 0 Å². The molecule has 1 heterocycles. The van der Waals surface area contributed by atoms with Gasteiger partial charge in [-0.1, -0.05) is 30.3 Å². The predicted octanol–water partition coefficient (Wildman–Crippen LogP) is 3.58. The summed E-state index contributed by atoms with van der Waals surface area (Å²) < 4.78 is 13.0. The number of thioether (sulfide) groups is 1. The smallest absolute Gasteiger partial charge is 0.270 e. The van der Waals surface area contributed by atoms with Crippen LogP contribution in [0.3, 0.4) is 0 Å². The van der Waals surface area contributed by atoms with E-state index in [0.717, 1.165) is 17.7 Å². The molecule has 0 saturated heterocycles. The number of rotatable bonds is 5. The number of benzene rings is 3. The third-order valence-corrected chi connectivity index (χ3v) is 6.13. The molecule has 1 aliphatic heterocycles. The topological polar surface area (TPSA) is 78.5 Å². The number of halogens is 1. The lowest BCUT2D eigenvalue weighted by Gasteiger charge is -2.17. The van der Waals surface area contributed by atoms with E-state index in [2.05, 4.69) is 10.9 Å². The van der Waals surface area contributed by atoms with Crippen LogP contribution in [0.4, 0.5) is 10.1 Å². The number of anilines is 1. The van der Waals surface area contributed by atoms with E-state index in [1.165, 1.54) is 36.0 Å². The summed E-state index contributed by atoms with van der Waals surface area (Å²) in [6.45, 7) is 0.649. The van der Waals surface area contributed by atoms with E-state index in [-0.39, 0.29) is 17.2 Å². The molecule has 0 unspecified atom stereocenters. The minimum absolute atomic E-state index is 0.0280. The van der Waals surface area contributed by atoms with Crippen molar-refractivity contribution in [3.63, 3.8) is 0 Å². The maximum absolute atomic E-state index is 13.0. The number of nitrogens with zero attached hydrogens (tertiary/aromatic N) is 1. The molecule has 0 radical (unpaired) electrons. The van der Waals surface area contributed by atoms with Gasteiger partial charge in [-0.3, -0.25) is 25.2 Å². The minimum Gasteiger partial charge on any atom is -0.311 e. The first kappa shape index (κ1) is 21.6. The van der Waals surface area contributed by atoms with Crippen LogP contribution in [0.2, 0.25) is 0 Å². The van der Waals surface area contributed by atoms with Crippen molar-refractivity contribution < 1.29 is 18.8 Å². The first-order valence-corrected chi connectivity index (χ1v) is 11.0. The van der Waals surface area contributed by atoms with Crippen LogP contribution in [0.25, 0.3) is 0 Å². The number of hydrogen-bond acceptors (Lipinski definition) is 4. The Morgan fingerprint density at radius 3 is 2.38 bits per heavy atom. The highest BCUT2D eigenvalue weighted by Gasteiger charge is 2.24. The zero-order valence-corrected chi connectivity index (χ0v) is 17.8. The Labute approximate surface area is 188 Å². The number of carbonyl (C=O) groups is 3. The third kappa shape index (κ3) is 4.81. The fourth-order valence-electron chi connectivity index (χ4n) is 3.45. The van der Waals surface area contributed by atoms with Crippen LogP contribution >= 0.6 is 11.8 Å². The molecule has 3 aromatic carbocycles. The van der Waals surface area contributed by atoms with Gasteiger partial charge in [-0.05, 0) is 54.4 Å². The van der Waals surface area contributed by atoms with Crippen LogP contribution in [0, 0.1) is 5.82 Å². The fraction of sp³-hybridized carbons (Fsp3) is 0.125. The molecule has 1 aliphatic rings. The van der Waals surface area contributed by atoms with Crippen LogP contribution in [-0.2, 0) is 11.2 Å². The van der Waals surface area contributed by atoms with Crippen molar-refractivity contribution >= 4 is 35.2 Å². The van der Waals surface area contributed by atoms with Gasteiger partial charge in [-0.25, -0.2) is 4.39 Å². The second-order valence-corrected chi connectivity index (χ2v) is 8.14. The number of nitrogens with one attached hydrogen (secondary N) is 2. The Hall–Kier alpha value is -3.65. The molecule has 0 aromatic heterocycles. The van der Waals surface area contributed by atoms with Gasteiger partial charge >= 0.3 is 0 Å². The second kappa shape index (κ2) is 9.65. The number of fused-ring (bicyclic) bond motifs is 1. The van der Waals surface area contributed by atoms with Crippen molar-refractivity contribution in [2.75, 3.05) is 17.2 Å². The summed E-state index contributed by atoms with van der Waals surface area (Å²) in [7, 11) is 0. The lowest BCUT2D eigenvalue weighted by molar-refractivity contribution is -0.116. The maximum Gasteiger partial charge on any atom is 0.270 e. The minimum atomic E-state index is -0.564. The molecule has 3 amide bonds. The normalized spacial score (nSPS) is 12.2. The maximum atomic E-state index is 13.0. The zero-order valence-electron chi connectivity index (χ0n) is 17.0. The van der Waals surface area contributed by atoms with Crippen LogP contribution in [-0.4, -0.2) is 30.0 Å². The predicted molar refractivity (Wildman–Crippen MR) is 121 cm³/mol. The Morgan fingerprint density at radius 1 is 0.875 bits per heavy atom. The van der Waals surface area contributed by atoms with Crippen LogP contribution in [0.15, 0.2) is 77.7 Å². The van der Waals surface area contributed by atoms with Crippen molar-refractivity contribution in [1.29, 1.82) is 0 Å². The van der Waals surface area contributed by atoms with Gasteiger partial charge in [0.2, 0.25) is 5.91 Å². The SMILES string of the molecule is O=C(NNC(=O)c1ccccc1SCC(=O)N1CCc2ccccc21)c1ccc(F)cc1. The van der Waals surface area contributed by atoms with Gasteiger partial charge in [-0.15, -0.1) is 11.8 Å². The Morgan fingerprint density at radius 2 is 1.56 bits per heavy atom. The molecule has 0 aliphatic carbocycles. The number of amides is 3. The lowest BCUT2D eigenvalue weighted by Crippen LogP contribution is -2.41. The van der Waals surface area contributed by atoms with Gasteiger partial charge in [0.15, 0.2) is 0 Å². The summed E-state index contributed by atoms with van der Waals surface area (Å²) in [6.07, 6.45) is 0.833. The average Bonchev–Trinajstić information content (AvgIpc) is 3.26. The molecule has 0 spiro atoms. The highest BCUT2D eigenvalue weighted by atomic mass is 32.2. The fourth-order valence-corrected chi connectivity index (χ4v) is 4.37. The van der Waals surface area contributed by atoms with Crippen LogP contribution < -0.4 is 15.8 Å². The molecule has 4 rings (SSSR count). The summed E-state index contributed by atoms with van der Waals surface area (Å²) in [5, 5.41) is 0. The Balaban J connectivity index is 1.37. The van der Waals surface area contributed by atoms with Crippen molar-refractivity contribution in [3.8, 4) is 0 Å². The second-order valence-electron chi connectivity index (χ2n) is 7.12. The average molecular weight is 450 g/mol. The summed E-state index contributed by atoms with van der Waals surface area (Å²) in [5.41, 5.74) is 7.33. The molecule has 32 heavy (non-hydrogen) atoms. The van der Waals surface area contributed by atoms with E-state index in [4.69, 9.17) is 0 Å². The molecular formula is C24H20FN3O3S. The molecule has 0 atom stereocenters. The summed E-state index contributed by atoms with van der Waals surface area (Å²) in [4.78, 5) is 39.9. The van der Waals surface area contributed by atoms with E-state index in [1.54, 1.807) is 29.2 Å². The van der Waals surface area contributed by atoms with E-state index >= 15 is 0 Å². The first-order chi connectivity index (χ1) is 15.5. The zero-order chi connectivity index (χ0) is 22.5. The van der Waals surface area contributed by atoms with Gasteiger partial charge < -0.3 is 4.90 Å². The van der Waals surface area contributed by atoms with E-state index < -0.39 is 17.6 Å². The van der Waals surface area contributed by atoms with E-state index in [1.807, 2.05) is 24.3 Å². The first-order valence-electron chi connectivity index (χ1n) is 9.99. The highest BCUT2D eigenvalue weighted by molar-refractivity contribution is 8.00. The number of hydrogen-bond donors (Lipinski definition) is 2. The number of para-hydroxylation sites is 1. The standard InChI is InChI=1S/C24H20FN3O3S/c25-18-11-9-17(10-12-18)23(30)26-27-24(31)19-6-2-4-8-21(19)32-15-22(29)28-14-13-16-5-1-3-7-20(16)28/h1-12H,13-15H2,(H,26,30)(H,27,31). The van der Waals surface area contributed by atoms with E-state index in [9.17, 15) is 18.8 Å². The molecule has 0 fully saturated rings. The van der Waals surface area contributed by atoms with Gasteiger partial charge in [0, 0.05) is 22.7 Å². The van der Waals surface area contributed by atoms with Crippen molar-refractivity contribution in [2.24, 2.45) is 0 Å². The summed E-state index contributed by atoms with van der Waals surface area (Å²) in [5.74, 6) is -1.38. The van der Waals surface area contributed by atoms with Crippen molar-refractivity contribution in [2.45, 2.75) is 11.3 Å². The molecule has 3 aromatic rings. The van der Waals surface area contributed by atoms with Crippen LogP contribution in [0.5, 0.6) is 0 Å². The largest absolute Gasteiger partial charge is 0.311 e. The Kier molecular flexibility index (Phi) is 6.51. The molecule has 0 saturated carbocycles. The molecule has 6 nitrogen and oxygen atoms in total. The molecule has 0 bridgehead atoms. The monoisotopic (exact) mass is 449 g/mol. The molecule has 8 heteroatoms. The van der Waals surface area contributed by atoms with Crippen molar-refractivity contribution in [3.05, 3.63) is 95.3 Å². The Bertz CT molecular complexity index is 1170. The lowest BCUT2D eigenvalue weighted by atomic mass is 10.2. The van der Waals surface area contributed by atoms with E-state index in [0.29, 0.717) is 17.0 Å². The van der Waals surface area contributed by atoms with Crippen molar-refractivity contribution in [1.82, 2.24) is 10.9 Å². The summed E-state index contributed by atoms with van der Waals surface area (Å²) in [6, 6.07) is 19.7. The van der Waals surface area contributed by atoms with Gasteiger partial charge in [0.05, 0.1) is 11.3 Å². The number of carbonyl (C=O) groups excluding carboxylic acids is 3. The van der Waals surface area contributed by atoms with Gasteiger partial charge in [0.25, 0.3) is 11.8 Å². The van der Waals surface area contributed by atoms with Crippen LogP contribution in [0.1, 0.15) is 26.3 Å². The third-order valence-electron chi connectivity index (χ3n) is 5.07.